The molecule has 0 aromatic carbocycles. The summed E-state index contributed by atoms with van der Waals surface area (Å²) in [7, 11) is 0. The van der Waals surface area contributed by atoms with E-state index in [0.717, 1.165) is 0 Å². The summed E-state index contributed by atoms with van der Waals surface area (Å²) < 4.78 is 1.72. The van der Waals surface area contributed by atoms with Gasteiger partial charge in [0.05, 0.1) is 12.4 Å². The fraction of sp³-hybridized carbons (Fsp3) is 0.667. The van der Waals surface area contributed by atoms with E-state index in [9.17, 15) is 9.59 Å². The first kappa shape index (κ1) is 17.4. The van der Waals surface area contributed by atoms with E-state index in [1.54, 1.807) is 10.8 Å². The van der Waals surface area contributed by atoms with Gasteiger partial charge in [-0.3, -0.25) is 9.59 Å². The van der Waals surface area contributed by atoms with Crippen molar-refractivity contribution in [2.24, 2.45) is 11.1 Å². The zero-order chi connectivity index (χ0) is 16.4. The Morgan fingerprint density at radius 2 is 1.86 bits per heavy atom. The molecule has 0 aliphatic carbocycles. The molecule has 1 unspecified atom stereocenters. The van der Waals surface area contributed by atoms with E-state index >= 15 is 0 Å². The maximum atomic E-state index is 12.6. The lowest BCUT2D eigenvalue weighted by atomic mass is 9.85. The molecule has 1 amide bonds. The van der Waals surface area contributed by atoms with Crippen molar-refractivity contribution in [2.45, 2.75) is 59.7 Å². The normalized spacial score (nSPS) is 14.0. The summed E-state index contributed by atoms with van der Waals surface area (Å²) in [4.78, 5) is 27.6. The molecule has 0 saturated carbocycles. The fourth-order valence-corrected chi connectivity index (χ4v) is 2.04. The molecule has 1 atom stereocenters. The van der Waals surface area contributed by atoms with Gasteiger partial charge >= 0.3 is 0 Å². The summed E-state index contributed by atoms with van der Waals surface area (Å²) in [6.45, 7) is 12.1. The van der Waals surface area contributed by atoms with Gasteiger partial charge in [0.1, 0.15) is 5.69 Å². The highest BCUT2D eigenvalue weighted by Gasteiger charge is 2.32. The first-order valence-electron chi connectivity index (χ1n) is 7.04. The third-order valence-electron chi connectivity index (χ3n) is 2.94. The number of Topliss-reactive ketones (excluding diaryl/α,β-unsaturated/α-hetero) is 1. The van der Waals surface area contributed by atoms with Crippen LogP contribution in [0.3, 0.4) is 0 Å². The van der Waals surface area contributed by atoms with Crippen molar-refractivity contribution in [3.63, 3.8) is 0 Å². The molecule has 0 bridgehead atoms. The Bertz CT molecular complexity index is 521. The Morgan fingerprint density at radius 3 is 2.24 bits per heavy atom. The molecule has 0 aliphatic rings. The molecule has 3 N–H and O–H groups in total. The van der Waals surface area contributed by atoms with Gasteiger partial charge in [-0.2, -0.15) is 0 Å². The first-order valence-corrected chi connectivity index (χ1v) is 7.04. The number of nitrogens with zero attached hydrogens (tertiary/aromatic N) is 2. The third kappa shape index (κ3) is 5.30. The molecule has 1 aromatic heterocycles. The van der Waals surface area contributed by atoms with E-state index in [2.05, 4.69) is 10.3 Å². The van der Waals surface area contributed by atoms with Crippen molar-refractivity contribution >= 4 is 11.7 Å². The predicted molar refractivity (Wildman–Crippen MR) is 81.9 cm³/mol. The third-order valence-corrected chi connectivity index (χ3v) is 2.94. The summed E-state index contributed by atoms with van der Waals surface area (Å²) in [5.41, 5.74) is 4.75. The predicted octanol–water partition coefficient (Wildman–Crippen LogP) is 1.35. The van der Waals surface area contributed by atoms with Crippen LogP contribution in [-0.2, 0) is 11.3 Å². The van der Waals surface area contributed by atoms with Gasteiger partial charge in [0.2, 0.25) is 0 Å². The first-order chi connectivity index (χ1) is 9.40. The molecule has 21 heavy (non-hydrogen) atoms. The van der Waals surface area contributed by atoms with Gasteiger partial charge in [-0.05, 0) is 20.8 Å². The molecule has 0 aliphatic heterocycles. The smallest absolute Gasteiger partial charge is 0.268 e. The highest BCUT2D eigenvalue weighted by Crippen LogP contribution is 2.19. The molecule has 6 nitrogen and oxygen atoms in total. The van der Waals surface area contributed by atoms with Crippen LogP contribution >= 0.6 is 0 Å². The number of carbonyl (C=O) groups excluding carboxylic acids is 2. The number of hydrogen-bond acceptors (Lipinski definition) is 4. The van der Waals surface area contributed by atoms with E-state index in [1.807, 2.05) is 41.5 Å². The molecule has 6 heteroatoms. The van der Waals surface area contributed by atoms with Crippen LogP contribution in [-0.4, -0.2) is 32.8 Å². The lowest BCUT2D eigenvalue weighted by Gasteiger charge is -2.31. The van der Waals surface area contributed by atoms with Crippen LogP contribution in [0.25, 0.3) is 0 Å². The molecule has 0 saturated heterocycles. The zero-order valence-corrected chi connectivity index (χ0v) is 13.7. The lowest BCUT2D eigenvalue weighted by molar-refractivity contribution is -0.129. The second-order valence-electron chi connectivity index (χ2n) is 7.38. The van der Waals surface area contributed by atoms with Crippen LogP contribution in [0, 0.1) is 5.41 Å². The van der Waals surface area contributed by atoms with Crippen LogP contribution in [0.4, 0.5) is 0 Å². The Labute approximate surface area is 126 Å². The molecular weight excluding hydrogens is 268 g/mol. The summed E-state index contributed by atoms with van der Waals surface area (Å²) >= 11 is 0. The number of nitrogens with one attached hydrogen (secondary N) is 1. The molecule has 0 fully saturated rings. The highest BCUT2D eigenvalue weighted by atomic mass is 16.1. The van der Waals surface area contributed by atoms with E-state index in [-0.39, 0.29) is 23.1 Å². The van der Waals surface area contributed by atoms with Gasteiger partial charge in [-0.15, -0.1) is 0 Å². The van der Waals surface area contributed by atoms with Crippen LogP contribution in [0.2, 0.25) is 0 Å². The molecule has 1 rings (SSSR count). The van der Waals surface area contributed by atoms with E-state index < -0.39 is 11.3 Å². The van der Waals surface area contributed by atoms with Crippen LogP contribution in [0.5, 0.6) is 0 Å². The number of carbonyl (C=O) groups is 2. The Morgan fingerprint density at radius 1 is 1.29 bits per heavy atom. The summed E-state index contributed by atoms with van der Waals surface area (Å²) in [5, 5.41) is 3.34. The molecular formula is C15H26N4O2. The second-order valence-corrected chi connectivity index (χ2v) is 7.38. The molecule has 0 radical (unpaired) electrons. The number of primary amides is 1. The van der Waals surface area contributed by atoms with E-state index in [1.165, 1.54) is 6.33 Å². The Hall–Kier alpha value is -1.69. The number of imidazole rings is 1. The lowest BCUT2D eigenvalue weighted by Crippen LogP contribution is -2.52. The van der Waals surface area contributed by atoms with Gasteiger partial charge in [-0.1, -0.05) is 20.8 Å². The second kappa shape index (κ2) is 5.97. The van der Waals surface area contributed by atoms with Crippen molar-refractivity contribution < 1.29 is 9.59 Å². The van der Waals surface area contributed by atoms with Gasteiger partial charge in [-0.25, -0.2) is 4.98 Å². The van der Waals surface area contributed by atoms with Crippen molar-refractivity contribution in [1.29, 1.82) is 0 Å². The van der Waals surface area contributed by atoms with Gasteiger partial charge in [0.25, 0.3) is 5.91 Å². The SMILES string of the molecule is CC(C)(C)NC(Cn1cnc(C(N)=O)c1)C(=O)C(C)(C)C. The largest absolute Gasteiger partial charge is 0.364 e. The quantitative estimate of drug-likeness (QED) is 0.858. The topological polar surface area (TPSA) is 90.0 Å². The average Bonchev–Trinajstić information content (AvgIpc) is 2.72. The van der Waals surface area contributed by atoms with Crippen LogP contribution in [0.1, 0.15) is 52.0 Å². The standard InChI is InChI=1S/C15H26N4O2/c1-14(2,3)12(20)10(18-15(4,5)6)7-19-8-11(13(16)21)17-9-19/h8-10,18H,7H2,1-6H3,(H2,16,21). The number of nitrogens with two attached hydrogens (primary N) is 1. The fourth-order valence-electron chi connectivity index (χ4n) is 2.04. The minimum absolute atomic E-state index is 0.117. The van der Waals surface area contributed by atoms with Gasteiger partial charge in [0.15, 0.2) is 5.78 Å². The Balaban J connectivity index is 2.96. The van der Waals surface area contributed by atoms with Crippen molar-refractivity contribution in [2.75, 3.05) is 0 Å². The number of hydrogen-bond donors (Lipinski definition) is 2. The van der Waals surface area contributed by atoms with Crippen LogP contribution in [0.15, 0.2) is 12.5 Å². The van der Waals surface area contributed by atoms with Gasteiger partial charge in [0, 0.05) is 23.7 Å². The van der Waals surface area contributed by atoms with Gasteiger partial charge < -0.3 is 15.6 Å². The summed E-state index contributed by atoms with van der Waals surface area (Å²) in [6, 6.07) is -0.361. The van der Waals surface area contributed by atoms with Crippen LogP contribution < -0.4 is 11.1 Å². The molecule has 1 aromatic rings. The maximum absolute atomic E-state index is 12.6. The number of amides is 1. The summed E-state index contributed by atoms with van der Waals surface area (Å²) in [5.74, 6) is -0.456. The number of aromatic nitrogens is 2. The van der Waals surface area contributed by atoms with Crippen molar-refractivity contribution in [3.05, 3.63) is 18.2 Å². The van der Waals surface area contributed by atoms with Crippen molar-refractivity contribution in [1.82, 2.24) is 14.9 Å². The molecule has 0 spiro atoms. The minimum Gasteiger partial charge on any atom is -0.364 e. The monoisotopic (exact) mass is 294 g/mol. The van der Waals surface area contributed by atoms with E-state index in [0.29, 0.717) is 6.54 Å². The zero-order valence-electron chi connectivity index (χ0n) is 13.7. The maximum Gasteiger partial charge on any atom is 0.268 e. The van der Waals surface area contributed by atoms with E-state index in [4.69, 9.17) is 5.73 Å². The average molecular weight is 294 g/mol. The number of rotatable bonds is 5. The summed E-state index contributed by atoms with van der Waals surface area (Å²) in [6.07, 6.45) is 3.09. The highest BCUT2D eigenvalue weighted by molar-refractivity contribution is 5.90. The Kier molecular flexibility index (Phi) is 4.94. The minimum atomic E-state index is -0.573. The van der Waals surface area contributed by atoms with Crippen molar-refractivity contribution in [3.8, 4) is 0 Å². The molecule has 118 valence electrons. The number of ketones is 1. The molecule has 1 heterocycles.